The van der Waals surface area contributed by atoms with Gasteiger partial charge >= 0.3 is 6.36 Å². The molecular formula is C7H3BrF3O2. The van der Waals surface area contributed by atoms with Crippen molar-refractivity contribution in [3.05, 3.63) is 22.7 Å². The van der Waals surface area contributed by atoms with Gasteiger partial charge in [0.05, 0.1) is 0 Å². The molecule has 0 amide bonds. The van der Waals surface area contributed by atoms with Crippen molar-refractivity contribution >= 4 is 15.9 Å². The zero-order valence-corrected chi connectivity index (χ0v) is 7.65. The summed E-state index contributed by atoms with van der Waals surface area (Å²) in [4.78, 5) is 0. The topological polar surface area (TPSA) is 29.1 Å². The maximum atomic E-state index is 11.7. The Morgan fingerprint density at radius 3 is 2.31 bits per heavy atom. The molecule has 0 heterocycles. The fraction of sp³-hybridized carbons (Fsp3) is 0.143. The second-order valence-electron chi connectivity index (χ2n) is 2.17. The first-order valence-electron chi connectivity index (χ1n) is 3.10. The molecule has 0 aromatic heterocycles. The number of hydrogen-bond donors (Lipinski definition) is 0. The standard InChI is InChI=1S/C7H3BrF3O2/c8-4-1-5(12)3-6(2-4)13-7(9,10)11/h1-3H. The summed E-state index contributed by atoms with van der Waals surface area (Å²) < 4.78 is 38.8. The molecule has 0 aliphatic heterocycles. The number of ether oxygens (including phenoxy) is 1. The maximum absolute atomic E-state index is 11.7. The monoisotopic (exact) mass is 255 g/mol. The van der Waals surface area contributed by atoms with Crippen LogP contribution in [0.3, 0.4) is 0 Å². The molecule has 0 unspecified atom stereocenters. The summed E-state index contributed by atoms with van der Waals surface area (Å²) in [5.74, 6) is -1.07. The Bertz CT molecular complexity index is 291. The number of rotatable bonds is 1. The predicted molar refractivity (Wildman–Crippen MR) is 41.0 cm³/mol. The zero-order valence-electron chi connectivity index (χ0n) is 6.06. The van der Waals surface area contributed by atoms with Gasteiger partial charge < -0.3 is 4.74 Å². The van der Waals surface area contributed by atoms with Crippen LogP contribution in [0.1, 0.15) is 0 Å². The molecule has 2 nitrogen and oxygen atoms in total. The molecular weight excluding hydrogens is 253 g/mol. The van der Waals surface area contributed by atoms with E-state index < -0.39 is 17.9 Å². The summed E-state index contributed by atoms with van der Waals surface area (Å²) in [5.41, 5.74) is 0. The Morgan fingerprint density at radius 1 is 1.23 bits per heavy atom. The lowest BCUT2D eigenvalue weighted by Gasteiger charge is -2.08. The van der Waals surface area contributed by atoms with E-state index in [4.69, 9.17) is 0 Å². The van der Waals surface area contributed by atoms with Gasteiger partial charge in [-0.1, -0.05) is 15.9 Å². The van der Waals surface area contributed by atoms with E-state index in [2.05, 4.69) is 20.7 Å². The molecule has 0 N–H and O–H groups in total. The maximum Gasteiger partial charge on any atom is 0.573 e. The van der Waals surface area contributed by atoms with Crippen molar-refractivity contribution in [2.45, 2.75) is 6.36 Å². The minimum absolute atomic E-state index is 0.249. The van der Waals surface area contributed by atoms with Crippen LogP contribution in [0.25, 0.3) is 0 Å². The highest BCUT2D eigenvalue weighted by molar-refractivity contribution is 9.10. The fourth-order valence-electron chi connectivity index (χ4n) is 0.730. The SMILES string of the molecule is [O]c1cc(Br)cc(OC(F)(F)F)c1. The summed E-state index contributed by atoms with van der Waals surface area (Å²) in [5, 5.41) is 10.7. The van der Waals surface area contributed by atoms with Crippen LogP contribution in [0, 0.1) is 0 Å². The molecule has 1 rings (SSSR count). The van der Waals surface area contributed by atoms with Crippen LogP contribution in [0.2, 0.25) is 0 Å². The normalized spacial score (nSPS) is 11.4. The molecule has 0 saturated carbocycles. The number of benzene rings is 1. The van der Waals surface area contributed by atoms with Crippen LogP contribution in [0.15, 0.2) is 22.7 Å². The fourth-order valence-corrected chi connectivity index (χ4v) is 1.18. The highest BCUT2D eigenvalue weighted by Crippen LogP contribution is 2.29. The molecule has 0 fully saturated rings. The first-order valence-corrected chi connectivity index (χ1v) is 3.89. The first kappa shape index (κ1) is 10.2. The number of halogens is 4. The summed E-state index contributed by atoms with van der Waals surface area (Å²) >= 11 is 2.87. The highest BCUT2D eigenvalue weighted by Gasteiger charge is 2.31. The van der Waals surface area contributed by atoms with E-state index in [1.807, 2.05) is 0 Å². The molecule has 1 radical (unpaired) electrons. The van der Waals surface area contributed by atoms with Crippen molar-refractivity contribution in [2.24, 2.45) is 0 Å². The molecule has 0 aliphatic rings. The minimum Gasteiger partial charge on any atom is -0.406 e. The van der Waals surface area contributed by atoms with Gasteiger partial charge in [-0.2, -0.15) is 0 Å². The van der Waals surface area contributed by atoms with Gasteiger partial charge in [0.15, 0.2) is 5.75 Å². The average molecular weight is 256 g/mol. The van der Waals surface area contributed by atoms with E-state index in [-0.39, 0.29) is 4.47 Å². The highest BCUT2D eigenvalue weighted by atomic mass is 79.9. The second kappa shape index (κ2) is 3.45. The predicted octanol–water partition coefficient (Wildman–Crippen LogP) is 3.49. The van der Waals surface area contributed by atoms with E-state index in [9.17, 15) is 18.3 Å². The Hall–Kier alpha value is -0.910. The van der Waals surface area contributed by atoms with Gasteiger partial charge in [-0.15, -0.1) is 13.2 Å². The Labute approximate surface area is 80.1 Å². The lowest BCUT2D eigenvalue weighted by molar-refractivity contribution is -0.274. The molecule has 6 heteroatoms. The molecule has 0 aliphatic carbocycles. The van der Waals surface area contributed by atoms with Gasteiger partial charge in [0.2, 0.25) is 0 Å². The van der Waals surface area contributed by atoms with Crippen LogP contribution < -0.4 is 4.74 Å². The minimum atomic E-state index is -4.77. The lowest BCUT2D eigenvalue weighted by Crippen LogP contribution is -2.16. The van der Waals surface area contributed by atoms with Gasteiger partial charge in [-0.05, 0) is 12.1 Å². The van der Waals surface area contributed by atoms with Crippen molar-refractivity contribution in [2.75, 3.05) is 0 Å². The van der Waals surface area contributed by atoms with E-state index in [0.717, 1.165) is 18.2 Å². The third-order valence-corrected chi connectivity index (χ3v) is 1.54. The summed E-state index contributed by atoms with van der Waals surface area (Å²) in [7, 11) is 0. The number of alkyl halides is 3. The zero-order chi connectivity index (χ0) is 10.1. The van der Waals surface area contributed by atoms with Crippen LogP contribution in [0.4, 0.5) is 13.2 Å². The Morgan fingerprint density at radius 2 is 1.85 bits per heavy atom. The van der Waals surface area contributed by atoms with Crippen LogP contribution in [-0.4, -0.2) is 6.36 Å². The quantitative estimate of drug-likeness (QED) is 0.756. The van der Waals surface area contributed by atoms with Gasteiger partial charge in [0.25, 0.3) is 0 Å². The molecule has 1 aromatic rings. The second-order valence-corrected chi connectivity index (χ2v) is 3.09. The molecule has 71 valence electrons. The van der Waals surface area contributed by atoms with Crippen molar-refractivity contribution < 1.29 is 23.0 Å². The molecule has 13 heavy (non-hydrogen) atoms. The van der Waals surface area contributed by atoms with Crippen LogP contribution >= 0.6 is 15.9 Å². The van der Waals surface area contributed by atoms with Crippen molar-refractivity contribution in [3.63, 3.8) is 0 Å². The first-order chi connectivity index (χ1) is 5.87. The van der Waals surface area contributed by atoms with E-state index in [1.54, 1.807) is 0 Å². The number of hydrogen-bond acceptors (Lipinski definition) is 1. The smallest absolute Gasteiger partial charge is 0.406 e. The van der Waals surface area contributed by atoms with Gasteiger partial charge in [0, 0.05) is 10.5 Å². The average Bonchev–Trinajstić information content (AvgIpc) is 1.78. The van der Waals surface area contributed by atoms with Gasteiger partial charge in [-0.3, -0.25) is 5.11 Å². The van der Waals surface area contributed by atoms with Crippen LogP contribution in [-0.2, 0) is 5.11 Å². The van der Waals surface area contributed by atoms with E-state index in [1.165, 1.54) is 0 Å². The van der Waals surface area contributed by atoms with E-state index >= 15 is 0 Å². The van der Waals surface area contributed by atoms with Crippen molar-refractivity contribution in [1.29, 1.82) is 0 Å². The molecule has 0 bridgehead atoms. The van der Waals surface area contributed by atoms with Crippen molar-refractivity contribution in [3.8, 4) is 11.5 Å². The summed E-state index contributed by atoms with van der Waals surface area (Å²) in [6.07, 6.45) is -4.77. The molecule has 1 aromatic carbocycles. The van der Waals surface area contributed by atoms with Gasteiger partial charge in [0.1, 0.15) is 5.75 Å². The van der Waals surface area contributed by atoms with Crippen molar-refractivity contribution in [1.82, 2.24) is 0 Å². The Kier molecular flexibility index (Phi) is 2.70. The van der Waals surface area contributed by atoms with Crippen LogP contribution in [0.5, 0.6) is 11.5 Å². The summed E-state index contributed by atoms with van der Waals surface area (Å²) in [6, 6.07) is 2.97. The summed E-state index contributed by atoms with van der Waals surface area (Å²) in [6.45, 7) is 0. The molecule has 0 saturated heterocycles. The molecule has 0 atom stereocenters. The third kappa shape index (κ3) is 3.54. The van der Waals surface area contributed by atoms with Gasteiger partial charge in [-0.25, -0.2) is 0 Å². The third-order valence-electron chi connectivity index (χ3n) is 1.08. The lowest BCUT2D eigenvalue weighted by atomic mass is 10.3. The largest absolute Gasteiger partial charge is 0.573 e. The Balaban J connectivity index is 2.90. The molecule has 0 spiro atoms. The van der Waals surface area contributed by atoms with E-state index in [0.29, 0.717) is 0 Å².